The van der Waals surface area contributed by atoms with Crippen LogP contribution >= 0.6 is 11.6 Å². The monoisotopic (exact) mass is 331 g/mol. The van der Waals surface area contributed by atoms with Crippen molar-refractivity contribution in [3.8, 4) is 0 Å². The smallest absolute Gasteiger partial charge is 0.141 e. The van der Waals surface area contributed by atoms with Gasteiger partial charge in [-0.2, -0.15) is 0 Å². The van der Waals surface area contributed by atoms with E-state index in [1.165, 1.54) is 6.07 Å². The summed E-state index contributed by atoms with van der Waals surface area (Å²) in [5, 5.41) is 13.2. The Morgan fingerprint density at radius 3 is 3.05 bits per heavy atom. The fourth-order valence-corrected chi connectivity index (χ4v) is 2.57. The molecule has 22 heavy (non-hydrogen) atoms. The zero-order valence-electron chi connectivity index (χ0n) is 12.7. The van der Waals surface area contributed by atoms with E-state index in [1.807, 2.05) is 6.92 Å². The van der Waals surface area contributed by atoms with Gasteiger partial charge in [-0.1, -0.05) is 17.7 Å². The molecule has 6 heteroatoms. The van der Waals surface area contributed by atoms with Crippen LogP contribution < -0.4 is 5.32 Å². The third-order valence-electron chi connectivity index (χ3n) is 3.74. The molecule has 0 bridgehead atoms. The lowest BCUT2D eigenvalue weighted by atomic mass is 10.1. The van der Waals surface area contributed by atoms with Crippen molar-refractivity contribution in [1.82, 2.24) is 5.32 Å². The van der Waals surface area contributed by atoms with E-state index >= 15 is 0 Å². The number of rotatable bonds is 8. The summed E-state index contributed by atoms with van der Waals surface area (Å²) in [6, 6.07) is 4.58. The number of benzene rings is 1. The Hall–Kier alpha value is -0.720. The van der Waals surface area contributed by atoms with Gasteiger partial charge in [-0.05, 0) is 37.5 Å². The van der Waals surface area contributed by atoms with Crippen molar-refractivity contribution in [2.45, 2.75) is 38.0 Å². The highest BCUT2D eigenvalue weighted by Gasteiger charge is 2.16. The van der Waals surface area contributed by atoms with Gasteiger partial charge in [0.05, 0.1) is 30.4 Å². The standard InChI is InChI=1S/C16H23ClFNO3/c1-11(12-4-5-16(18)15(17)7-12)19-8-13(20)9-21-10-14-3-2-6-22-14/h4-5,7,11,13-14,19-20H,2-3,6,8-10H2,1H3. The number of hydrogen-bond acceptors (Lipinski definition) is 4. The molecule has 1 saturated heterocycles. The molecule has 1 fully saturated rings. The minimum absolute atomic E-state index is 0.0362. The van der Waals surface area contributed by atoms with Gasteiger partial charge in [0.1, 0.15) is 5.82 Å². The fourth-order valence-electron chi connectivity index (χ4n) is 2.38. The van der Waals surface area contributed by atoms with Gasteiger partial charge in [0.15, 0.2) is 0 Å². The van der Waals surface area contributed by atoms with Gasteiger partial charge in [0.2, 0.25) is 0 Å². The molecule has 1 heterocycles. The van der Waals surface area contributed by atoms with Gasteiger partial charge < -0.3 is 19.9 Å². The van der Waals surface area contributed by atoms with E-state index in [0.717, 1.165) is 25.0 Å². The van der Waals surface area contributed by atoms with Gasteiger partial charge >= 0.3 is 0 Å². The van der Waals surface area contributed by atoms with Crippen LogP contribution in [0.5, 0.6) is 0 Å². The molecular weight excluding hydrogens is 309 g/mol. The van der Waals surface area contributed by atoms with Crippen LogP contribution in [0.15, 0.2) is 18.2 Å². The molecule has 0 aliphatic carbocycles. The molecule has 4 nitrogen and oxygen atoms in total. The molecule has 0 spiro atoms. The summed E-state index contributed by atoms with van der Waals surface area (Å²) in [5.41, 5.74) is 0.874. The van der Waals surface area contributed by atoms with Crippen molar-refractivity contribution in [1.29, 1.82) is 0 Å². The number of aliphatic hydroxyl groups is 1. The minimum Gasteiger partial charge on any atom is -0.389 e. The Morgan fingerprint density at radius 1 is 1.55 bits per heavy atom. The number of hydrogen-bond donors (Lipinski definition) is 2. The highest BCUT2D eigenvalue weighted by Crippen LogP contribution is 2.20. The normalized spacial score (nSPS) is 21.0. The first-order valence-electron chi connectivity index (χ1n) is 7.62. The van der Waals surface area contributed by atoms with E-state index in [4.69, 9.17) is 21.1 Å². The Balaban J connectivity index is 1.66. The van der Waals surface area contributed by atoms with Crippen LogP contribution in [0.2, 0.25) is 5.02 Å². The van der Waals surface area contributed by atoms with Gasteiger partial charge in [0.25, 0.3) is 0 Å². The lowest BCUT2D eigenvalue weighted by Crippen LogP contribution is -2.33. The molecule has 1 aliphatic rings. The fraction of sp³-hybridized carbons (Fsp3) is 0.625. The molecule has 0 saturated carbocycles. The molecule has 0 radical (unpaired) electrons. The van der Waals surface area contributed by atoms with Crippen molar-refractivity contribution >= 4 is 11.6 Å². The van der Waals surface area contributed by atoms with Crippen molar-refractivity contribution in [2.24, 2.45) is 0 Å². The molecule has 1 aliphatic heterocycles. The van der Waals surface area contributed by atoms with Crippen molar-refractivity contribution < 1.29 is 19.0 Å². The largest absolute Gasteiger partial charge is 0.389 e. The molecule has 1 aromatic rings. The van der Waals surface area contributed by atoms with Gasteiger partial charge in [-0.25, -0.2) is 4.39 Å². The number of aliphatic hydroxyl groups excluding tert-OH is 1. The number of halogens is 2. The average Bonchev–Trinajstić information content (AvgIpc) is 3.01. The van der Waals surface area contributed by atoms with Crippen LogP contribution in [0.3, 0.4) is 0 Å². The lowest BCUT2D eigenvalue weighted by molar-refractivity contribution is -0.0168. The summed E-state index contributed by atoms with van der Waals surface area (Å²) in [7, 11) is 0. The minimum atomic E-state index is -0.597. The highest BCUT2D eigenvalue weighted by molar-refractivity contribution is 6.30. The molecule has 2 N–H and O–H groups in total. The Morgan fingerprint density at radius 2 is 2.36 bits per heavy atom. The van der Waals surface area contributed by atoms with Crippen LogP contribution in [0.1, 0.15) is 31.4 Å². The first kappa shape index (κ1) is 17.6. The Kier molecular flexibility index (Phi) is 7.05. The average molecular weight is 332 g/mol. The quantitative estimate of drug-likeness (QED) is 0.769. The van der Waals surface area contributed by atoms with E-state index in [-0.39, 0.29) is 23.8 Å². The molecular formula is C16H23ClFNO3. The van der Waals surface area contributed by atoms with Crippen molar-refractivity contribution in [2.75, 3.05) is 26.4 Å². The second-order valence-electron chi connectivity index (χ2n) is 5.63. The summed E-state index contributed by atoms with van der Waals surface area (Å²) in [6.45, 7) is 3.92. The van der Waals surface area contributed by atoms with E-state index < -0.39 is 11.9 Å². The second kappa shape index (κ2) is 8.79. The van der Waals surface area contributed by atoms with E-state index in [9.17, 15) is 9.50 Å². The third kappa shape index (κ3) is 5.48. The summed E-state index contributed by atoms with van der Waals surface area (Å²) in [6.07, 6.45) is 1.67. The van der Waals surface area contributed by atoms with E-state index in [0.29, 0.717) is 13.2 Å². The third-order valence-corrected chi connectivity index (χ3v) is 4.03. The Bertz CT molecular complexity index is 469. The molecule has 0 amide bonds. The zero-order chi connectivity index (χ0) is 15.9. The van der Waals surface area contributed by atoms with Crippen molar-refractivity contribution in [3.63, 3.8) is 0 Å². The maximum absolute atomic E-state index is 13.1. The van der Waals surface area contributed by atoms with E-state index in [1.54, 1.807) is 12.1 Å². The summed E-state index contributed by atoms with van der Waals surface area (Å²) >= 11 is 5.77. The topological polar surface area (TPSA) is 50.7 Å². The summed E-state index contributed by atoms with van der Waals surface area (Å²) in [4.78, 5) is 0. The van der Waals surface area contributed by atoms with Gasteiger partial charge in [-0.3, -0.25) is 0 Å². The molecule has 3 atom stereocenters. The maximum atomic E-state index is 13.1. The number of ether oxygens (including phenoxy) is 2. The number of nitrogens with one attached hydrogen (secondary N) is 1. The summed E-state index contributed by atoms with van der Waals surface area (Å²) in [5.74, 6) is -0.430. The molecule has 124 valence electrons. The van der Waals surface area contributed by atoms with E-state index in [2.05, 4.69) is 5.32 Å². The Labute approximate surface area is 135 Å². The summed E-state index contributed by atoms with van der Waals surface area (Å²) < 4.78 is 24.0. The first-order chi connectivity index (χ1) is 10.6. The van der Waals surface area contributed by atoms with Crippen LogP contribution in [-0.4, -0.2) is 43.7 Å². The zero-order valence-corrected chi connectivity index (χ0v) is 13.5. The molecule has 2 rings (SSSR count). The van der Waals surface area contributed by atoms with Crippen LogP contribution in [-0.2, 0) is 9.47 Å². The SMILES string of the molecule is CC(NCC(O)COCC1CCCO1)c1ccc(F)c(Cl)c1. The van der Waals surface area contributed by atoms with Crippen LogP contribution in [0, 0.1) is 5.82 Å². The predicted molar refractivity (Wildman–Crippen MR) is 83.6 cm³/mol. The van der Waals surface area contributed by atoms with Gasteiger partial charge in [0, 0.05) is 19.2 Å². The molecule has 1 aromatic carbocycles. The first-order valence-corrected chi connectivity index (χ1v) is 8.00. The van der Waals surface area contributed by atoms with Crippen LogP contribution in [0.25, 0.3) is 0 Å². The highest BCUT2D eigenvalue weighted by atomic mass is 35.5. The van der Waals surface area contributed by atoms with Gasteiger partial charge in [-0.15, -0.1) is 0 Å². The molecule has 0 aromatic heterocycles. The van der Waals surface area contributed by atoms with Crippen molar-refractivity contribution in [3.05, 3.63) is 34.6 Å². The predicted octanol–water partition coefficient (Wildman–Crippen LogP) is 2.69. The lowest BCUT2D eigenvalue weighted by Gasteiger charge is -2.18. The van der Waals surface area contributed by atoms with Crippen LogP contribution in [0.4, 0.5) is 4.39 Å². The molecule has 3 unspecified atom stereocenters. The maximum Gasteiger partial charge on any atom is 0.141 e. The second-order valence-corrected chi connectivity index (χ2v) is 6.04.